The summed E-state index contributed by atoms with van der Waals surface area (Å²) in [6.45, 7) is 0.724. The van der Waals surface area contributed by atoms with Crippen molar-refractivity contribution >= 4 is 11.2 Å². The molecule has 0 unspecified atom stereocenters. The van der Waals surface area contributed by atoms with Gasteiger partial charge in [0.15, 0.2) is 11.2 Å². The number of hydrogen-bond acceptors (Lipinski definition) is 6. The summed E-state index contributed by atoms with van der Waals surface area (Å²) in [5.41, 5.74) is 5.92. The first-order valence-corrected chi connectivity index (χ1v) is 16.9. The minimum absolute atomic E-state index is 0.208. The Bertz CT molecular complexity index is 2320. The molecule has 10 heteroatoms. The van der Waals surface area contributed by atoms with Crippen molar-refractivity contribution in [2.75, 3.05) is 0 Å². The summed E-state index contributed by atoms with van der Waals surface area (Å²) in [5, 5.41) is 11.7. The van der Waals surface area contributed by atoms with Crippen molar-refractivity contribution in [3.63, 3.8) is 0 Å². The van der Waals surface area contributed by atoms with Gasteiger partial charge < -0.3 is 4.57 Å². The highest BCUT2D eigenvalue weighted by atomic mass is 16.2. The van der Waals surface area contributed by atoms with Crippen LogP contribution >= 0.6 is 0 Å². The monoisotopic (exact) mass is 648 g/mol. The second-order valence-electron chi connectivity index (χ2n) is 12.7. The average molecular weight is 649 g/mol. The highest BCUT2D eigenvalue weighted by Crippen LogP contribution is 2.34. The first-order valence-electron chi connectivity index (χ1n) is 16.9. The molecule has 7 aromatic rings. The van der Waals surface area contributed by atoms with E-state index in [1.54, 1.807) is 15.6 Å². The Morgan fingerprint density at radius 1 is 0.714 bits per heavy atom. The van der Waals surface area contributed by atoms with Crippen LogP contribution in [0.3, 0.4) is 0 Å². The molecule has 10 nitrogen and oxygen atoms in total. The van der Waals surface area contributed by atoms with Gasteiger partial charge >= 0.3 is 5.69 Å². The fourth-order valence-corrected chi connectivity index (χ4v) is 7.14. The molecule has 0 atom stereocenters. The Morgan fingerprint density at radius 2 is 1.43 bits per heavy atom. The van der Waals surface area contributed by atoms with E-state index >= 15 is 0 Å². The van der Waals surface area contributed by atoms with E-state index < -0.39 is 0 Å². The molecule has 0 saturated heterocycles. The minimum atomic E-state index is -0.370. The van der Waals surface area contributed by atoms with E-state index in [1.807, 2.05) is 78.9 Å². The lowest BCUT2D eigenvalue weighted by molar-refractivity contribution is 0.420. The summed E-state index contributed by atoms with van der Waals surface area (Å²) in [6, 6.07) is 35.9. The Hall–Kier alpha value is -5.90. The van der Waals surface area contributed by atoms with Crippen LogP contribution in [-0.2, 0) is 19.5 Å². The van der Waals surface area contributed by atoms with Crippen LogP contribution in [0.15, 0.2) is 125 Å². The third kappa shape index (κ3) is 5.90. The number of benzene rings is 4. The summed E-state index contributed by atoms with van der Waals surface area (Å²) in [4.78, 5) is 33.9. The second kappa shape index (κ2) is 13.3. The quantitative estimate of drug-likeness (QED) is 0.181. The molecular formula is C39H36N8O2. The predicted octanol–water partition coefficient (Wildman–Crippen LogP) is 6.33. The zero-order valence-electron chi connectivity index (χ0n) is 27.1. The number of tetrazole rings is 1. The number of imidazole rings is 1. The molecule has 1 saturated carbocycles. The second-order valence-corrected chi connectivity index (χ2v) is 12.7. The summed E-state index contributed by atoms with van der Waals surface area (Å²) in [5.74, 6) is 1.09. The van der Waals surface area contributed by atoms with Crippen LogP contribution < -0.4 is 11.2 Å². The molecule has 49 heavy (non-hydrogen) atoms. The lowest BCUT2D eigenvalue weighted by Gasteiger charge is -2.22. The third-order valence-corrected chi connectivity index (χ3v) is 9.62. The highest BCUT2D eigenvalue weighted by Gasteiger charge is 2.27. The molecule has 0 N–H and O–H groups in total. The lowest BCUT2D eigenvalue weighted by Crippen LogP contribution is -2.40. The van der Waals surface area contributed by atoms with Crippen LogP contribution in [0.1, 0.15) is 55.0 Å². The largest absolute Gasteiger partial charge is 0.337 e. The van der Waals surface area contributed by atoms with E-state index in [0.717, 1.165) is 59.4 Å². The molecule has 8 rings (SSSR count). The molecule has 1 aliphatic rings. The van der Waals surface area contributed by atoms with Crippen molar-refractivity contribution in [1.29, 1.82) is 0 Å². The highest BCUT2D eigenvalue weighted by molar-refractivity contribution is 5.75. The van der Waals surface area contributed by atoms with Gasteiger partial charge in [0.25, 0.3) is 5.56 Å². The molecule has 0 bridgehead atoms. The number of rotatable bonds is 9. The first-order chi connectivity index (χ1) is 24.2. The van der Waals surface area contributed by atoms with Gasteiger partial charge in [-0.3, -0.25) is 9.36 Å². The van der Waals surface area contributed by atoms with E-state index in [2.05, 4.69) is 50.4 Å². The van der Waals surface area contributed by atoms with E-state index in [0.29, 0.717) is 29.8 Å². The Labute approximate surface area is 282 Å². The number of aromatic nitrogens is 8. The van der Waals surface area contributed by atoms with Gasteiger partial charge in [0.1, 0.15) is 12.2 Å². The average Bonchev–Trinajstić information content (AvgIpc) is 3.83. The molecule has 1 fully saturated rings. The van der Waals surface area contributed by atoms with Crippen LogP contribution in [0.5, 0.6) is 0 Å². The molecule has 244 valence electrons. The fourth-order valence-electron chi connectivity index (χ4n) is 7.14. The molecule has 0 amide bonds. The molecule has 4 aromatic carbocycles. The molecule has 0 radical (unpaired) electrons. The van der Waals surface area contributed by atoms with Gasteiger partial charge in [0.2, 0.25) is 0 Å². The number of fused-ring (bicyclic) bond motifs is 1. The van der Waals surface area contributed by atoms with Crippen LogP contribution in [0.25, 0.3) is 33.7 Å². The molecule has 0 aliphatic heterocycles. The SMILES string of the molecule is O=c1c2c(nc(C3CCCCC3)n2Cc2ccc(-c3ccccc3-n3cnnn3)cc2)n(-c2ccccc2)c(=O)n1CCc1ccccc1. The zero-order chi connectivity index (χ0) is 33.2. The molecule has 0 spiro atoms. The number of para-hydroxylation sites is 2. The third-order valence-electron chi connectivity index (χ3n) is 9.62. The number of nitrogens with zero attached hydrogens (tertiary/aromatic N) is 8. The van der Waals surface area contributed by atoms with Gasteiger partial charge in [-0.25, -0.2) is 14.3 Å². The van der Waals surface area contributed by atoms with Crippen molar-refractivity contribution in [1.82, 2.24) is 38.9 Å². The number of hydrogen-bond donors (Lipinski definition) is 0. The minimum Gasteiger partial charge on any atom is -0.317 e. The van der Waals surface area contributed by atoms with Crippen molar-refractivity contribution < 1.29 is 0 Å². The van der Waals surface area contributed by atoms with E-state index in [1.165, 1.54) is 11.0 Å². The number of aryl methyl sites for hydroxylation is 1. The standard InChI is InChI=1S/C39H36N8O2/c48-38-35-37(47(32-16-8-3-9-17-32)39(49)44(38)25-24-28-12-4-1-5-13-28)41-36(31-14-6-2-7-15-31)45(35)26-29-20-22-30(23-21-29)33-18-10-11-19-34(33)46-27-40-42-43-46/h1,3-5,8-13,16-23,27,31H,2,6-7,14-15,24-26H2. The first kappa shape index (κ1) is 30.4. The van der Waals surface area contributed by atoms with Crippen molar-refractivity contribution in [2.24, 2.45) is 0 Å². The molecule has 1 aliphatic carbocycles. The molecular weight excluding hydrogens is 612 g/mol. The van der Waals surface area contributed by atoms with Gasteiger partial charge in [-0.15, -0.1) is 5.10 Å². The molecule has 3 heterocycles. The topological polar surface area (TPSA) is 105 Å². The van der Waals surface area contributed by atoms with E-state index in [-0.39, 0.29) is 23.7 Å². The normalized spacial score (nSPS) is 13.6. The summed E-state index contributed by atoms with van der Waals surface area (Å²) in [6.07, 6.45) is 7.61. The van der Waals surface area contributed by atoms with Crippen molar-refractivity contribution in [3.8, 4) is 22.5 Å². The lowest BCUT2D eigenvalue weighted by atomic mass is 9.88. The summed E-state index contributed by atoms with van der Waals surface area (Å²) in [7, 11) is 0. The van der Waals surface area contributed by atoms with E-state index in [4.69, 9.17) is 4.98 Å². The van der Waals surface area contributed by atoms with Gasteiger partial charge in [-0.05, 0) is 64.6 Å². The van der Waals surface area contributed by atoms with Gasteiger partial charge in [0.05, 0.1) is 11.4 Å². The smallest absolute Gasteiger partial charge is 0.317 e. The fraction of sp³-hybridized carbons (Fsp3) is 0.231. The maximum absolute atomic E-state index is 14.5. The Balaban J connectivity index is 1.26. The Morgan fingerprint density at radius 3 is 2.16 bits per heavy atom. The van der Waals surface area contributed by atoms with Crippen molar-refractivity contribution in [3.05, 3.63) is 153 Å². The summed E-state index contributed by atoms with van der Waals surface area (Å²) < 4.78 is 6.77. The zero-order valence-corrected chi connectivity index (χ0v) is 27.1. The molecule has 3 aromatic heterocycles. The van der Waals surface area contributed by atoms with Crippen LogP contribution in [-0.4, -0.2) is 38.9 Å². The predicted molar refractivity (Wildman–Crippen MR) is 189 cm³/mol. The van der Waals surface area contributed by atoms with Crippen molar-refractivity contribution in [2.45, 2.75) is 57.5 Å². The maximum atomic E-state index is 14.5. The van der Waals surface area contributed by atoms with Crippen LogP contribution in [0.2, 0.25) is 0 Å². The maximum Gasteiger partial charge on any atom is 0.337 e. The van der Waals surface area contributed by atoms with Crippen LogP contribution in [0, 0.1) is 0 Å². The van der Waals surface area contributed by atoms with Crippen LogP contribution in [0.4, 0.5) is 0 Å². The Kier molecular flexibility index (Phi) is 8.27. The van der Waals surface area contributed by atoms with Gasteiger partial charge in [-0.2, -0.15) is 4.68 Å². The van der Waals surface area contributed by atoms with Gasteiger partial charge in [0, 0.05) is 24.6 Å². The van der Waals surface area contributed by atoms with Gasteiger partial charge in [-0.1, -0.05) is 110 Å². The van der Waals surface area contributed by atoms with E-state index in [9.17, 15) is 9.59 Å². The summed E-state index contributed by atoms with van der Waals surface area (Å²) >= 11 is 0.